The molecule has 0 saturated heterocycles. The van der Waals surface area contributed by atoms with Crippen LogP contribution in [-0.2, 0) is 16.0 Å². The zero-order chi connectivity index (χ0) is 20.1. The van der Waals surface area contributed by atoms with Crippen molar-refractivity contribution in [2.24, 2.45) is 0 Å². The van der Waals surface area contributed by atoms with Crippen molar-refractivity contribution < 1.29 is 28.6 Å². The molecule has 0 radical (unpaired) electrons. The van der Waals surface area contributed by atoms with Gasteiger partial charge in [-0.15, -0.1) is 0 Å². The third-order valence-corrected chi connectivity index (χ3v) is 4.35. The third kappa shape index (κ3) is 4.21. The van der Waals surface area contributed by atoms with E-state index in [1.165, 1.54) is 14.2 Å². The molecule has 0 aliphatic rings. The summed E-state index contributed by atoms with van der Waals surface area (Å²) in [4.78, 5) is 35.9. The molecule has 0 fully saturated rings. The Bertz CT molecular complexity index is 916. The van der Waals surface area contributed by atoms with Crippen LogP contribution in [0.3, 0.4) is 0 Å². The molecule has 146 valence electrons. The topological polar surface area (TPSA) is 115 Å². The number of hydrogen-bond acceptors (Lipinski definition) is 6. The Labute approximate surface area is 156 Å². The van der Waals surface area contributed by atoms with Gasteiger partial charge in [0.15, 0.2) is 11.3 Å². The molecule has 8 nitrogen and oxygen atoms in total. The fourth-order valence-electron chi connectivity index (χ4n) is 2.92. The Balaban J connectivity index is 2.41. The molecule has 2 aromatic rings. The molecule has 27 heavy (non-hydrogen) atoms. The molecular formula is C19H23NO7. The highest BCUT2D eigenvalue weighted by molar-refractivity contribution is 5.90. The number of carbonyl (C=O) groups is 2. The van der Waals surface area contributed by atoms with Crippen LogP contribution >= 0.6 is 0 Å². The van der Waals surface area contributed by atoms with E-state index in [9.17, 15) is 14.4 Å². The Hall–Kier alpha value is -3.03. The van der Waals surface area contributed by atoms with Crippen LogP contribution in [0.5, 0.6) is 11.5 Å². The van der Waals surface area contributed by atoms with E-state index in [4.69, 9.17) is 19.0 Å². The number of benzene rings is 1. The number of aryl methyl sites for hydroxylation is 1. The smallest absolute Gasteiger partial charge is 0.340 e. The Morgan fingerprint density at radius 2 is 1.96 bits per heavy atom. The molecule has 0 aliphatic heterocycles. The van der Waals surface area contributed by atoms with Gasteiger partial charge in [0.2, 0.25) is 11.7 Å². The first-order valence-corrected chi connectivity index (χ1v) is 8.53. The molecule has 0 bridgehead atoms. The first-order chi connectivity index (χ1) is 12.8. The quantitative estimate of drug-likeness (QED) is 0.676. The van der Waals surface area contributed by atoms with Gasteiger partial charge in [0.05, 0.1) is 26.2 Å². The van der Waals surface area contributed by atoms with Crippen LogP contribution in [0.2, 0.25) is 0 Å². The van der Waals surface area contributed by atoms with Crippen LogP contribution in [0.1, 0.15) is 30.9 Å². The fraction of sp³-hybridized carbons (Fsp3) is 0.421. The minimum absolute atomic E-state index is 0.174. The van der Waals surface area contributed by atoms with Crippen molar-refractivity contribution in [3.8, 4) is 11.5 Å². The Kier molecular flexibility index (Phi) is 6.44. The predicted octanol–water partition coefficient (Wildman–Crippen LogP) is 2.03. The summed E-state index contributed by atoms with van der Waals surface area (Å²) in [5, 5.41) is 12.2. The lowest BCUT2D eigenvalue weighted by atomic mass is 10.0. The monoisotopic (exact) mass is 377 g/mol. The van der Waals surface area contributed by atoms with Crippen molar-refractivity contribution in [3.05, 3.63) is 33.7 Å². The van der Waals surface area contributed by atoms with Crippen molar-refractivity contribution in [2.75, 3.05) is 14.2 Å². The van der Waals surface area contributed by atoms with E-state index in [1.54, 1.807) is 19.1 Å². The Morgan fingerprint density at radius 1 is 1.26 bits per heavy atom. The zero-order valence-corrected chi connectivity index (χ0v) is 15.8. The van der Waals surface area contributed by atoms with Crippen molar-refractivity contribution in [1.29, 1.82) is 0 Å². The molecule has 0 unspecified atom stereocenters. The van der Waals surface area contributed by atoms with E-state index in [0.717, 1.165) is 0 Å². The summed E-state index contributed by atoms with van der Waals surface area (Å²) in [6.07, 6.45) is 0.644. The molecule has 1 aromatic heterocycles. The second-order valence-electron chi connectivity index (χ2n) is 6.09. The molecule has 1 aromatic carbocycles. The van der Waals surface area contributed by atoms with Crippen LogP contribution in [0.4, 0.5) is 0 Å². The van der Waals surface area contributed by atoms with Crippen molar-refractivity contribution in [1.82, 2.24) is 5.32 Å². The number of aliphatic carboxylic acids is 1. The molecule has 1 amide bonds. The second-order valence-corrected chi connectivity index (χ2v) is 6.09. The maximum Gasteiger partial charge on any atom is 0.340 e. The summed E-state index contributed by atoms with van der Waals surface area (Å²) in [6, 6.07) is 2.41. The predicted molar refractivity (Wildman–Crippen MR) is 98.5 cm³/mol. The van der Waals surface area contributed by atoms with Crippen LogP contribution in [0, 0.1) is 6.92 Å². The minimum Gasteiger partial charge on any atom is -0.493 e. The van der Waals surface area contributed by atoms with Crippen molar-refractivity contribution in [2.45, 2.75) is 39.2 Å². The van der Waals surface area contributed by atoms with Crippen molar-refractivity contribution >= 4 is 22.8 Å². The largest absolute Gasteiger partial charge is 0.493 e. The number of ether oxygens (including phenoxy) is 2. The lowest BCUT2D eigenvalue weighted by molar-refractivity contribution is -0.141. The van der Waals surface area contributed by atoms with Crippen LogP contribution < -0.4 is 20.4 Å². The van der Waals surface area contributed by atoms with Gasteiger partial charge in [0.25, 0.3) is 0 Å². The standard InChI is InChI=1S/C19H23NO7/c1-5-6-13(18(22)23)20-15(21)9-12-10(2)11-7-8-14(25-3)17(26-4)16(11)27-19(12)24/h7-8,13H,5-6,9H2,1-4H3,(H,20,21)(H,22,23)/t13-/m1/s1. The van der Waals surface area contributed by atoms with Gasteiger partial charge in [-0.2, -0.15) is 0 Å². The minimum atomic E-state index is -1.11. The van der Waals surface area contributed by atoms with Crippen LogP contribution in [0.25, 0.3) is 11.0 Å². The highest BCUT2D eigenvalue weighted by atomic mass is 16.5. The van der Waals surface area contributed by atoms with E-state index < -0.39 is 23.5 Å². The second kappa shape index (κ2) is 8.57. The Morgan fingerprint density at radius 3 is 2.52 bits per heavy atom. The molecular weight excluding hydrogens is 354 g/mol. The number of nitrogens with one attached hydrogen (secondary N) is 1. The third-order valence-electron chi connectivity index (χ3n) is 4.35. The average molecular weight is 377 g/mol. The van der Waals surface area contributed by atoms with E-state index in [1.807, 2.05) is 6.92 Å². The highest BCUT2D eigenvalue weighted by Gasteiger charge is 2.22. The number of carboxylic acids is 1. The van der Waals surface area contributed by atoms with Gasteiger partial charge >= 0.3 is 11.6 Å². The lowest BCUT2D eigenvalue weighted by Gasteiger charge is -2.15. The summed E-state index contributed by atoms with van der Waals surface area (Å²) in [7, 11) is 2.91. The van der Waals surface area contributed by atoms with Gasteiger partial charge in [-0.3, -0.25) is 4.79 Å². The maximum atomic E-state index is 12.4. The van der Waals surface area contributed by atoms with E-state index in [0.29, 0.717) is 35.3 Å². The summed E-state index contributed by atoms with van der Waals surface area (Å²) in [5.41, 5.74) is 0.301. The number of amides is 1. The average Bonchev–Trinajstić information content (AvgIpc) is 2.63. The summed E-state index contributed by atoms with van der Waals surface area (Å²) in [6.45, 7) is 3.53. The first kappa shape index (κ1) is 20.3. The van der Waals surface area contributed by atoms with Crippen LogP contribution in [-0.4, -0.2) is 37.2 Å². The van der Waals surface area contributed by atoms with Gasteiger partial charge in [-0.1, -0.05) is 13.3 Å². The molecule has 0 saturated carbocycles. The molecule has 2 rings (SSSR count). The lowest BCUT2D eigenvalue weighted by Crippen LogP contribution is -2.41. The first-order valence-electron chi connectivity index (χ1n) is 8.53. The zero-order valence-electron chi connectivity index (χ0n) is 15.8. The number of hydrogen-bond donors (Lipinski definition) is 2. The normalized spacial score (nSPS) is 11.9. The molecule has 0 spiro atoms. The van der Waals surface area contributed by atoms with Gasteiger partial charge in [0.1, 0.15) is 6.04 Å². The highest BCUT2D eigenvalue weighted by Crippen LogP contribution is 2.36. The summed E-state index contributed by atoms with van der Waals surface area (Å²) in [5.74, 6) is -0.947. The molecule has 0 aliphatic carbocycles. The number of carbonyl (C=O) groups excluding carboxylic acids is 1. The van der Waals surface area contributed by atoms with Crippen LogP contribution in [0.15, 0.2) is 21.3 Å². The number of carboxylic acid groups (broad SMARTS) is 1. The van der Waals surface area contributed by atoms with Crippen molar-refractivity contribution in [3.63, 3.8) is 0 Å². The van der Waals surface area contributed by atoms with Gasteiger partial charge in [-0.05, 0) is 31.0 Å². The summed E-state index contributed by atoms with van der Waals surface area (Å²) >= 11 is 0. The van der Waals surface area contributed by atoms with Gasteiger partial charge in [0, 0.05) is 5.39 Å². The number of methoxy groups -OCH3 is 2. The summed E-state index contributed by atoms with van der Waals surface area (Å²) < 4.78 is 15.9. The molecule has 8 heteroatoms. The van der Waals surface area contributed by atoms with E-state index in [-0.39, 0.29) is 17.6 Å². The molecule has 2 N–H and O–H groups in total. The van der Waals surface area contributed by atoms with Gasteiger partial charge < -0.3 is 24.3 Å². The fourth-order valence-corrected chi connectivity index (χ4v) is 2.92. The molecule has 1 heterocycles. The molecule has 1 atom stereocenters. The maximum absolute atomic E-state index is 12.4. The van der Waals surface area contributed by atoms with E-state index in [2.05, 4.69) is 5.32 Å². The van der Waals surface area contributed by atoms with E-state index >= 15 is 0 Å². The number of fused-ring (bicyclic) bond motifs is 1. The number of rotatable bonds is 8. The van der Waals surface area contributed by atoms with Gasteiger partial charge in [-0.25, -0.2) is 9.59 Å². The SMILES string of the molecule is CCC[C@@H](NC(=O)Cc1c(C)c2ccc(OC)c(OC)c2oc1=O)C(=O)O.